The van der Waals surface area contributed by atoms with Gasteiger partial charge in [-0.2, -0.15) is 0 Å². The number of carbonyl (C=O) groups is 3. The van der Waals surface area contributed by atoms with Crippen molar-refractivity contribution >= 4 is 50.8 Å². The number of benzene rings is 2. The summed E-state index contributed by atoms with van der Waals surface area (Å²) in [5.41, 5.74) is 0.859. The van der Waals surface area contributed by atoms with E-state index in [2.05, 4.69) is 20.6 Å². The van der Waals surface area contributed by atoms with Crippen molar-refractivity contribution in [1.29, 1.82) is 0 Å². The maximum Gasteiger partial charge on any atom is 0.407 e. The van der Waals surface area contributed by atoms with Crippen molar-refractivity contribution in [3.8, 4) is 22.2 Å². The van der Waals surface area contributed by atoms with Gasteiger partial charge < -0.3 is 29.8 Å². The first-order valence-corrected chi connectivity index (χ1v) is 16.3. The number of imidazole rings is 1. The Morgan fingerprint density at radius 1 is 1.00 bits per heavy atom. The normalized spacial score (nSPS) is 12.1. The second kappa shape index (κ2) is 15.0. The molecule has 0 saturated heterocycles. The number of hydrogen-bond donors (Lipinski definition) is 3. The number of para-hydroxylation sites is 1. The van der Waals surface area contributed by atoms with Gasteiger partial charge in [-0.25, -0.2) is 18.6 Å². The number of anilines is 2. The molecule has 1 atom stereocenters. The van der Waals surface area contributed by atoms with Crippen LogP contribution in [0.1, 0.15) is 38.9 Å². The monoisotopic (exact) mass is 706 g/mol. The number of thiophene rings is 1. The van der Waals surface area contributed by atoms with Crippen LogP contribution in [-0.2, 0) is 21.4 Å². The van der Waals surface area contributed by atoms with Crippen LogP contribution in [0.15, 0.2) is 67.0 Å². The summed E-state index contributed by atoms with van der Waals surface area (Å²) in [7, 11) is 3.35. The molecule has 3 aromatic heterocycles. The Balaban J connectivity index is 1.33. The number of nitrogens with one attached hydrogen (secondary N) is 2. The van der Waals surface area contributed by atoms with Crippen molar-refractivity contribution < 1.29 is 37.7 Å². The third kappa shape index (κ3) is 8.06. The van der Waals surface area contributed by atoms with Gasteiger partial charge in [0.15, 0.2) is 11.6 Å². The zero-order valence-corrected chi connectivity index (χ0v) is 28.8. The number of amides is 3. The number of ether oxygens (including phenoxy) is 2. The van der Waals surface area contributed by atoms with Crippen LogP contribution < -0.4 is 15.4 Å². The Kier molecular flexibility index (Phi) is 10.8. The van der Waals surface area contributed by atoms with E-state index >= 15 is 4.39 Å². The molecule has 3 amide bonds. The van der Waals surface area contributed by atoms with Crippen LogP contribution in [0.2, 0.25) is 0 Å². The zero-order valence-electron chi connectivity index (χ0n) is 28.0. The van der Waals surface area contributed by atoms with Gasteiger partial charge in [0.2, 0.25) is 11.8 Å². The zero-order chi connectivity index (χ0) is 36.2. The lowest BCUT2D eigenvalue weighted by Crippen LogP contribution is -2.43. The van der Waals surface area contributed by atoms with Crippen LogP contribution in [0.25, 0.3) is 20.9 Å². The number of rotatable bonds is 12. The first-order chi connectivity index (χ1) is 23.8. The first-order valence-electron chi connectivity index (χ1n) is 15.5. The summed E-state index contributed by atoms with van der Waals surface area (Å²) in [6, 6.07) is 12.3. The van der Waals surface area contributed by atoms with Gasteiger partial charge in [-0.15, -0.1) is 11.3 Å². The second-order valence-electron chi connectivity index (χ2n) is 12.4. The molecular formula is C35H36F2N6O6S. The number of methoxy groups -OCH3 is 1. The highest BCUT2D eigenvalue weighted by Crippen LogP contribution is 2.42. The van der Waals surface area contributed by atoms with Crippen LogP contribution in [0.5, 0.6) is 11.5 Å². The maximum absolute atomic E-state index is 15.2. The molecule has 2 aromatic carbocycles. The Bertz CT molecular complexity index is 2040. The number of hydrogen-bond acceptors (Lipinski definition) is 8. The molecule has 0 aliphatic carbocycles. The largest absolute Gasteiger partial charge is 0.465 e. The van der Waals surface area contributed by atoms with Crippen molar-refractivity contribution in [3.05, 3.63) is 84.3 Å². The fourth-order valence-corrected chi connectivity index (χ4v) is 6.59. The number of carboxylic acid groups (broad SMARTS) is 1. The average Bonchev–Trinajstić information content (AvgIpc) is 3.64. The number of fused-ring (bicyclic) bond motifs is 1. The molecular weight excluding hydrogens is 670 g/mol. The smallest absolute Gasteiger partial charge is 0.407 e. The molecule has 0 aliphatic heterocycles. The number of carbonyl (C=O) groups excluding carboxylic acids is 2. The lowest BCUT2D eigenvalue weighted by Gasteiger charge is -2.38. The minimum absolute atomic E-state index is 0.0550. The Morgan fingerprint density at radius 2 is 1.74 bits per heavy atom. The standard InChI is InChI=1S/C35H36F2N6O6S/c1-35(2,3)32(43(34(46)47)14-15-48-5)25-19-39-33(42(25)4)28-17-24-31(50-28)27(12-13-38-24)49-26-11-10-20(16-22(26)37)40-29(44)18-30(45)41-23-9-7-6-8-21(23)36/h6-13,16-17,19,32H,14-15,18H2,1-5H3,(H,40,44)(H,41,45)(H,46,47). The molecule has 0 bridgehead atoms. The molecule has 0 saturated carbocycles. The van der Waals surface area contributed by atoms with E-state index in [0.717, 1.165) is 10.9 Å². The average molecular weight is 707 g/mol. The van der Waals surface area contributed by atoms with Gasteiger partial charge >= 0.3 is 6.09 Å². The molecule has 0 aliphatic rings. The predicted molar refractivity (Wildman–Crippen MR) is 185 cm³/mol. The fourth-order valence-electron chi connectivity index (χ4n) is 5.49. The van der Waals surface area contributed by atoms with Gasteiger partial charge in [0.05, 0.1) is 45.3 Å². The molecule has 1 unspecified atom stereocenters. The van der Waals surface area contributed by atoms with E-state index < -0.39 is 47.4 Å². The highest BCUT2D eigenvalue weighted by molar-refractivity contribution is 7.22. The lowest BCUT2D eigenvalue weighted by molar-refractivity contribution is -0.123. The van der Waals surface area contributed by atoms with Gasteiger partial charge in [0.25, 0.3) is 0 Å². The quantitative estimate of drug-likeness (QED) is 0.113. The van der Waals surface area contributed by atoms with E-state index in [1.165, 1.54) is 59.9 Å². The molecule has 3 heterocycles. The highest BCUT2D eigenvalue weighted by atomic mass is 32.1. The molecule has 0 spiro atoms. The Hall–Kier alpha value is -5.41. The summed E-state index contributed by atoms with van der Waals surface area (Å²) in [5.74, 6) is -2.03. The third-order valence-corrected chi connectivity index (χ3v) is 8.85. The number of pyridine rings is 1. The van der Waals surface area contributed by atoms with Crippen molar-refractivity contribution in [1.82, 2.24) is 19.4 Å². The van der Waals surface area contributed by atoms with Gasteiger partial charge in [-0.05, 0) is 35.7 Å². The molecule has 262 valence electrons. The van der Waals surface area contributed by atoms with Crippen LogP contribution in [-0.4, -0.2) is 62.7 Å². The summed E-state index contributed by atoms with van der Waals surface area (Å²) in [6.07, 6.45) is 1.54. The van der Waals surface area contributed by atoms with Crippen molar-refractivity contribution in [2.24, 2.45) is 12.5 Å². The number of nitrogens with zero attached hydrogens (tertiary/aromatic N) is 4. The van der Waals surface area contributed by atoms with Gasteiger partial charge in [0, 0.05) is 44.7 Å². The van der Waals surface area contributed by atoms with Crippen molar-refractivity contribution in [3.63, 3.8) is 0 Å². The van der Waals surface area contributed by atoms with Crippen molar-refractivity contribution in [2.45, 2.75) is 33.2 Å². The molecule has 3 N–H and O–H groups in total. The second-order valence-corrected chi connectivity index (χ2v) is 13.5. The molecule has 12 nitrogen and oxygen atoms in total. The Morgan fingerprint density at radius 3 is 2.42 bits per heavy atom. The molecule has 15 heteroatoms. The van der Waals surface area contributed by atoms with E-state index in [4.69, 9.17) is 9.47 Å². The minimum atomic E-state index is -1.07. The van der Waals surface area contributed by atoms with Gasteiger partial charge in [0.1, 0.15) is 23.8 Å². The van der Waals surface area contributed by atoms with Crippen LogP contribution in [0.4, 0.5) is 25.0 Å². The highest BCUT2D eigenvalue weighted by Gasteiger charge is 2.37. The van der Waals surface area contributed by atoms with E-state index in [-0.39, 0.29) is 30.3 Å². The van der Waals surface area contributed by atoms with Gasteiger partial charge in [-0.1, -0.05) is 32.9 Å². The summed E-state index contributed by atoms with van der Waals surface area (Å²) in [5, 5.41) is 14.8. The molecule has 0 fully saturated rings. The van der Waals surface area contributed by atoms with E-state index in [9.17, 15) is 23.9 Å². The van der Waals surface area contributed by atoms with Crippen molar-refractivity contribution in [2.75, 3.05) is 30.9 Å². The third-order valence-electron chi connectivity index (χ3n) is 7.72. The van der Waals surface area contributed by atoms with Crippen LogP contribution >= 0.6 is 11.3 Å². The topological polar surface area (TPSA) is 148 Å². The molecule has 50 heavy (non-hydrogen) atoms. The number of aromatic nitrogens is 3. The lowest BCUT2D eigenvalue weighted by atomic mass is 9.83. The summed E-state index contributed by atoms with van der Waals surface area (Å²) >= 11 is 1.33. The minimum Gasteiger partial charge on any atom is -0.465 e. The summed E-state index contributed by atoms with van der Waals surface area (Å²) in [6.45, 7) is 6.32. The summed E-state index contributed by atoms with van der Waals surface area (Å²) in [4.78, 5) is 48.1. The maximum atomic E-state index is 15.2. The van der Waals surface area contributed by atoms with Gasteiger partial charge in [-0.3, -0.25) is 19.5 Å². The molecule has 5 rings (SSSR count). The van der Waals surface area contributed by atoms with E-state index in [1.807, 2.05) is 38.5 Å². The Labute approximate surface area is 290 Å². The fraction of sp³-hybridized carbons (Fsp3) is 0.286. The first kappa shape index (κ1) is 35.9. The molecule has 5 aromatic rings. The SMILES string of the molecule is COCCN(C(=O)O)C(c1cnc(-c2cc3nccc(Oc4ccc(NC(=O)CC(=O)Nc5ccccc5F)cc4F)c3s2)n1C)C(C)(C)C. The predicted octanol–water partition coefficient (Wildman–Crippen LogP) is 7.45. The van der Waals surface area contributed by atoms with Crippen LogP contribution in [0, 0.1) is 17.0 Å². The summed E-state index contributed by atoms with van der Waals surface area (Å²) < 4.78 is 42.6. The number of halogens is 2. The van der Waals surface area contributed by atoms with Crippen LogP contribution in [0.3, 0.4) is 0 Å². The van der Waals surface area contributed by atoms with E-state index in [1.54, 1.807) is 18.3 Å². The molecule has 0 radical (unpaired) electrons. The van der Waals surface area contributed by atoms with E-state index in [0.29, 0.717) is 27.5 Å².